The summed E-state index contributed by atoms with van der Waals surface area (Å²) in [5.74, 6) is 0.0253. The summed E-state index contributed by atoms with van der Waals surface area (Å²) in [6.45, 7) is 3.00. The Morgan fingerprint density at radius 1 is 1.53 bits per heavy atom. The molecule has 1 aliphatic rings. The van der Waals surface area contributed by atoms with Gasteiger partial charge in [0.1, 0.15) is 6.04 Å². The summed E-state index contributed by atoms with van der Waals surface area (Å²) in [7, 11) is 1.66. The third kappa shape index (κ3) is 3.60. The van der Waals surface area contributed by atoms with Crippen LogP contribution in [0.1, 0.15) is 5.56 Å². The van der Waals surface area contributed by atoms with E-state index in [1.54, 1.807) is 13.1 Å². The standard InChI is InChI=1S/C13H17Cl2N3O/c1-16-13(19)12-7-17-4-5-18(12)8-9-2-3-10(14)6-11(9)15/h2-3,6,12,17H,4-5,7-8H2,1H3,(H,16,19). The van der Waals surface area contributed by atoms with Crippen molar-refractivity contribution < 1.29 is 4.79 Å². The molecule has 6 heteroatoms. The zero-order chi connectivity index (χ0) is 13.8. The van der Waals surface area contributed by atoms with E-state index in [9.17, 15) is 4.79 Å². The minimum absolute atomic E-state index is 0.0253. The maximum atomic E-state index is 11.9. The Labute approximate surface area is 123 Å². The van der Waals surface area contributed by atoms with Crippen molar-refractivity contribution in [3.8, 4) is 0 Å². The van der Waals surface area contributed by atoms with Crippen molar-refractivity contribution in [2.75, 3.05) is 26.7 Å². The van der Waals surface area contributed by atoms with Crippen molar-refractivity contribution in [3.05, 3.63) is 33.8 Å². The summed E-state index contributed by atoms with van der Waals surface area (Å²) in [6, 6.07) is 5.30. The van der Waals surface area contributed by atoms with Crippen molar-refractivity contribution in [2.24, 2.45) is 0 Å². The van der Waals surface area contributed by atoms with Gasteiger partial charge in [0.15, 0.2) is 0 Å². The van der Waals surface area contributed by atoms with E-state index in [2.05, 4.69) is 15.5 Å². The first-order chi connectivity index (χ1) is 9.11. The van der Waals surface area contributed by atoms with E-state index in [1.807, 2.05) is 12.1 Å². The Bertz CT molecular complexity index is 467. The normalized spacial score (nSPS) is 20.3. The topological polar surface area (TPSA) is 44.4 Å². The van der Waals surface area contributed by atoms with Crippen molar-refractivity contribution in [2.45, 2.75) is 12.6 Å². The van der Waals surface area contributed by atoms with Crippen LogP contribution >= 0.6 is 23.2 Å². The Morgan fingerprint density at radius 2 is 2.32 bits per heavy atom. The molecule has 0 radical (unpaired) electrons. The molecule has 4 nitrogen and oxygen atoms in total. The van der Waals surface area contributed by atoms with Gasteiger partial charge in [-0.05, 0) is 17.7 Å². The van der Waals surface area contributed by atoms with Crippen LogP contribution in [0, 0.1) is 0 Å². The molecule has 1 aromatic carbocycles. The lowest BCUT2D eigenvalue weighted by Crippen LogP contribution is -2.56. The summed E-state index contributed by atoms with van der Waals surface area (Å²) in [6.07, 6.45) is 0. The molecule has 0 saturated carbocycles. The second-order valence-electron chi connectivity index (χ2n) is 4.54. The van der Waals surface area contributed by atoms with Gasteiger partial charge in [0, 0.05) is 43.3 Å². The molecule has 1 amide bonds. The van der Waals surface area contributed by atoms with Crippen molar-refractivity contribution >= 4 is 29.1 Å². The zero-order valence-electron chi connectivity index (χ0n) is 10.7. The molecule has 1 atom stereocenters. The van der Waals surface area contributed by atoms with Gasteiger partial charge >= 0.3 is 0 Å². The number of nitrogens with one attached hydrogen (secondary N) is 2. The van der Waals surface area contributed by atoms with Crippen LogP contribution in [0.5, 0.6) is 0 Å². The number of hydrogen-bond acceptors (Lipinski definition) is 3. The van der Waals surface area contributed by atoms with E-state index in [-0.39, 0.29) is 11.9 Å². The van der Waals surface area contributed by atoms with Crippen LogP contribution in [0.15, 0.2) is 18.2 Å². The highest BCUT2D eigenvalue weighted by Gasteiger charge is 2.28. The Morgan fingerprint density at radius 3 is 3.00 bits per heavy atom. The third-order valence-corrected chi connectivity index (χ3v) is 3.88. The first-order valence-corrected chi connectivity index (χ1v) is 6.97. The largest absolute Gasteiger partial charge is 0.358 e. The summed E-state index contributed by atoms with van der Waals surface area (Å²) < 4.78 is 0. The first-order valence-electron chi connectivity index (χ1n) is 6.22. The van der Waals surface area contributed by atoms with Gasteiger partial charge in [-0.15, -0.1) is 0 Å². The molecule has 1 aromatic rings. The van der Waals surface area contributed by atoms with Crippen LogP contribution in [-0.4, -0.2) is 43.5 Å². The summed E-state index contributed by atoms with van der Waals surface area (Å²) in [5, 5.41) is 7.20. The monoisotopic (exact) mass is 301 g/mol. The molecule has 1 unspecified atom stereocenters. The van der Waals surface area contributed by atoms with Gasteiger partial charge in [-0.25, -0.2) is 0 Å². The molecule has 1 saturated heterocycles. The third-order valence-electron chi connectivity index (χ3n) is 3.29. The van der Waals surface area contributed by atoms with Crippen LogP contribution in [0.3, 0.4) is 0 Å². The van der Waals surface area contributed by atoms with E-state index in [4.69, 9.17) is 23.2 Å². The lowest BCUT2D eigenvalue weighted by atomic mass is 10.1. The van der Waals surface area contributed by atoms with E-state index < -0.39 is 0 Å². The van der Waals surface area contributed by atoms with Gasteiger partial charge in [0.25, 0.3) is 0 Å². The molecule has 1 fully saturated rings. The maximum Gasteiger partial charge on any atom is 0.238 e. The van der Waals surface area contributed by atoms with E-state index >= 15 is 0 Å². The molecule has 104 valence electrons. The fourth-order valence-corrected chi connectivity index (χ4v) is 2.70. The number of hydrogen-bond donors (Lipinski definition) is 2. The van der Waals surface area contributed by atoms with Gasteiger partial charge in [-0.3, -0.25) is 9.69 Å². The summed E-state index contributed by atoms with van der Waals surface area (Å²) >= 11 is 12.1. The number of rotatable bonds is 3. The average molecular weight is 302 g/mol. The predicted octanol–water partition coefficient (Wildman–Crippen LogP) is 1.51. The fraction of sp³-hybridized carbons (Fsp3) is 0.462. The first kappa shape index (κ1) is 14.6. The number of amides is 1. The van der Waals surface area contributed by atoms with E-state index in [0.29, 0.717) is 23.1 Å². The average Bonchev–Trinajstić information content (AvgIpc) is 2.41. The molecule has 1 heterocycles. The number of halogens is 2. The number of likely N-dealkylation sites (N-methyl/N-ethyl adjacent to an activating group) is 1. The fourth-order valence-electron chi connectivity index (χ4n) is 2.23. The van der Waals surface area contributed by atoms with Crippen LogP contribution in [0.25, 0.3) is 0 Å². The Balaban J connectivity index is 2.13. The summed E-state index contributed by atoms with van der Waals surface area (Å²) in [4.78, 5) is 14.0. The molecule has 0 spiro atoms. The quantitative estimate of drug-likeness (QED) is 0.889. The maximum absolute atomic E-state index is 11.9. The highest BCUT2D eigenvalue weighted by atomic mass is 35.5. The number of nitrogens with zero attached hydrogens (tertiary/aromatic N) is 1. The molecule has 0 bridgehead atoms. The van der Waals surface area contributed by atoms with E-state index in [1.165, 1.54) is 0 Å². The van der Waals surface area contributed by atoms with Crippen LogP contribution in [-0.2, 0) is 11.3 Å². The van der Waals surface area contributed by atoms with E-state index in [0.717, 1.165) is 18.7 Å². The SMILES string of the molecule is CNC(=O)C1CNCCN1Cc1ccc(Cl)cc1Cl. The van der Waals surface area contributed by atoms with Crippen molar-refractivity contribution in [1.29, 1.82) is 0 Å². The molecule has 1 aliphatic heterocycles. The number of benzene rings is 1. The summed E-state index contributed by atoms with van der Waals surface area (Å²) in [5.41, 5.74) is 0.988. The van der Waals surface area contributed by atoms with Gasteiger partial charge in [0.2, 0.25) is 5.91 Å². The van der Waals surface area contributed by atoms with Crippen molar-refractivity contribution in [3.63, 3.8) is 0 Å². The van der Waals surface area contributed by atoms with Crippen LogP contribution in [0.2, 0.25) is 10.0 Å². The lowest BCUT2D eigenvalue weighted by Gasteiger charge is -2.35. The van der Waals surface area contributed by atoms with Gasteiger partial charge < -0.3 is 10.6 Å². The Kier molecular flexibility index (Phi) is 5.05. The highest BCUT2D eigenvalue weighted by Crippen LogP contribution is 2.23. The highest BCUT2D eigenvalue weighted by molar-refractivity contribution is 6.35. The Hall–Kier alpha value is -0.810. The van der Waals surface area contributed by atoms with Crippen LogP contribution < -0.4 is 10.6 Å². The molecular formula is C13H17Cl2N3O. The lowest BCUT2D eigenvalue weighted by molar-refractivity contribution is -0.126. The molecule has 2 rings (SSSR count). The second kappa shape index (κ2) is 6.57. The molecule has 0 aliphatic carbocycles. The number of piperazine rings is 1. The molecule has 2 N–H and O–H groups in total. The zero-order valence-corrected chi connectivity index (χ0v) is 12.3. The number of carbonyl (C=O) groups excluding carboxylic acids is 1. The molecule has 0 aromatic heterocycles. The molecular weight excluding hydrogens is 285 g/mol. The van der Waals surface area contributed by atoms with Gasteiger partial charge in [-0.1, -0.05) is 29.3 Å². The minimum Gasteiger partial charge on any atom is -0.358 e. The van der Waals surface area contributed by atoms with Gasteiger partial charge in [-0.2, -0.15) is 0 Å². The molecule has 19 heavy (non-hydrogen) atoms. The van der Waals surface area contributed by atoms with Crippen molar-refractivity contribution in [1.82, 2.24) is 15.5 Å². The van der Waals surface area contributed by atoms with Crippen LogP contribution in [0.4, 0.5) is 0 Å². The predicted molar refractivity (Wildman–Crippen MR) is 77.6 cm³/mol. The second-order valence-corrected chi connectivity index (χ2v) is 5.38. The number of carbonyl (C=O) groups is 1. The van der Waals surface area contributed by atoms with Gasteiger partial charge in [0.05, 0.1) is 0 Å². The smallest absolute Gasteiger partial charge is 0.238 e. The minimum atomic E-state index is -0.162.